The number of carbonyl (C=O) groups excluding carboxylic acids is 2. The maximum Gasteiger partial charge on any atom is 0.407 e. The molecule has 1 aliphatic heterocycles. The number of halogens is 1. The minimum absolute atomic E-state index is 0.0419. The normalized spacial score (nSPS) is 15.7. The van der Waals surface area contributed by atoms with Gasteiger partial charge in [0.2, 0.25) is 0 Å². The standard InChI is InChI=1S/C29H32ClN7O3/c1-18-15-37-26(14-25(34-37)19(2)35(3)28(38)23-13-21(30)9-10-24(23)31)33-27(18)36-12-11-22(16-36)32-29(39)40-17-20-7-5-4-6-8-20/h4-10,13-15,19,22H,11-12,16-17,31H2,1-3H3,(H,32,39)/t19-,22-/m0/s1. The molecule has 1 aliphatic rings. The van der Waals surface area contributed by atoms with E-state index < -0.39 is 6.09 Å². The molecule has 5 rings (SSSR count). The van der Waals surface area contributed by atoms with Crippen molar-refractivity contribution in [3.8, 4) is 0 Å². The fourth-order valence-electron chi connectivity index (χ4n) is 4.82. The quantitative estimate of drug-likeness (QED) is 0.316. The van der Waals surface area contributed by atoms with Gasteiger partial charge < -0.3 is 25.6 Å². The molecule has 40 heavy (non-hydrogen) atoms. The van der Waals surface area contributed by atoms with Gasteiger partial charge in [-0.25, -0.2) is 14.3 Å². The van der Waals surface area contributed by atoms with Crippen molar-refractivity contribution < 1.29 is 14.3 Å². The number of hydrogen-bond acceptors (Lipinski definition) is 7. The van der Waals surface area contributed by atoms with Crippen molar-refractivity contribution in [1.82, 2.24) is 24.8 Å². The Hall–Kier alpha value is -4.31. The molecule has 0 radical (unpaired) electrons. The predicted octanol–water partition coefficient (Wildman–Crippen LogP) is 4.61. The molecule has 0 saturated carbocycles. The van der Waals surface area contributed by atoms with E-state index in [1.807, 2.05) is 56.4 Å². The van der Waals surface area contributed by atoms with Crippen molar-refractivity contribution in [3.63, 3.8) is 0 Å². The van der Waals surface area contributed by atoms with Crippen LogP contribution in [0, 0.1) is 6.92 Å². The molecule has 10 nitrogen and oxygen atoms in total. The highest BCUT2D eigenvalue weighted by Gasteiger charge is 2.28. The maximum absolute atomic E-state index is 13.1. The number of anilines is 2. The molecule has 0 aliphatic carbocycles. The molecule has 3 N–H and O–H groups in total. The average Bonchev–Trinajstić information content (AvgIpc) is 3.58. The molecule has 4 aromatic rings. The molecular weight excluding hydrogens is 530 g/mol. The summed E-state index contributed by atoms with van der Waals surface area (Å²) in [5.41, 5.74) is 10.0. The Kier molecular flexibility index (Phi) is 7.79. The minimum atomic E-state index is -0.427. The molecule has 1 fully saturated rings. The summed E-state index contributed by atoms with van der Waals surface area (Å²) in [6, 6.07) is 15.9. The lowest BCUT2D eigenvalue weighted by atomic mass is 10.1. The third kappa shape index (κ3) is 5.81. The van der Waals surface area contributed by atoms with Crippen molar-refractivity contribution in [2.24, 2.45) is 0 Å². The number of nitrogens with one attached hydrogen (secondary N) is 1. The first-order valence-electron chi connectivity index (χ1n) is 13.1. The van der Waals surface area contributed by atoms with E-state index >= 15 is 0 Å². The lowest BCUT2D eigenvalue weighted by Crippen LogP contribution is -2.37. The third-order valence-corrected chi connectivity index (χ3v) is 7.46. The molecule has 11 heteroatoms. The van der Waals surface area contributed by atoms with E-state index in [-0.39, 0.29) is 24.6 Å². The summed E-state index contributed by atoms with van der Waals surface area (Å²) < 4.78 is 7.10. The first kappa shape index (κ1) is 27.3. The van der Waals surface area contributed by atoms with E-state index in [1.165, 1.54) is 0 Å². The highest BCUT2D eigenvalue weighted by molar-refractivity contribution is 6.31. The number of benzene rings is 2. The third-order valence-electron chi connectivity index (χ3n) is 7.22. The van der Waals surface area contributed by atoms with E-state index in [4.69, 9.17) is 27.1 Å². The van der Waals surface area contributed by atoms with Crippen LogP contribution in [0.5, 0.6) is 0 Å². The first-order valence-corrected chi connectivity index (χ1v) is 13.5. The van der Waals surface area contributed by atoms with Gasteiger partial charge in [-0.15, -0.1) is 0 Å². The summed E-state index contributed by atoms with van der Waals surface area (Å²) in [6.07, 6.45) is 2.29. The second kappa shape index (κ2) is 11.4. The van der Waals surface area contributed by atoms with Gasteiger partial charge in [0.05, 0.1) is 23.3 Å². The molecule has 0 spiro atoms. The number of alkyl carbamates (subject to hydrolysis) is 1. The topological polar surface area (TPSA) is 118 Å². The zero-order chi connectivity index (χ0) is 28.4. The molecule has 2 aromatic heterocycles. The maximum atomic E-state index is 13.1. The number of carbonyl (C=O) groups is 2. The smallest absolute Gasteiger partial charge is 0.407 e. The van der Waals surface area contributed by atoms with Crippen LogP contribution in [-0.4, -0.2) is 57.7 Å². The minimum Gasteiger partial charge on any atom is -0.445 e. The number of hydrogen-bond donors (Lipinski definition) is 2. The van der Waals surface area contributed by atoms with Gasteiger partial charge in [-0.3, -0.25) is 4.79 Å². The molecule has 2 amide bonds. The van der Waals surface area contributed by atoms with E-state index in [1.54, 1.807) is 34.7 Å². The monoisotopic (exact) mass is 561 g/mol. The van der Waals surface area contributed by atoms with Gasteiger partial charge in [-0.05, 0) is 44.0 Å². The van der Waals surface area contributed by atoms with E-state index in [0.717, 1.165) is 29.9 Å². The van der Waals surface area contributed by atoms with Crippen LogP contribution in [0.25, 0.3) is 5.65 Å². The molecule has 208 valence electrons. The van der Waals surface area contributed by atoms with Gasteiger partial charge in [-0.2, -0.15) is 5.10 Å². The van der Waals surface area contributed by atoms with E-state index in [0.29, 0.717) is 34.2 Å². The highest BCUT2D eigenvalue weighted by Crippen LogP contribution is 2.27. The van der Waals surface area contributed by atoms with Crippen molar-refractivity contribution >= 4 is 40.8 Å². The summed E-state index contributed by atoms with van der Waals surface area (Å²) in [4.78, 5) is 34.1. The molecule has 2 atom stereocenters. The average molecular weight is 562 g/mol. The van der Waals surface area contributed by atoms with Gasteiger partial charge in [0.15, 0.2) is 5.65 Å². The lowest BCUT2D eigenvalue weighted by molar-refractivity contribution is 0.0740. The van der Waals surface area contributed by atoms with Crippen molar-refractivity contribution in [2.75, 3.05) is 30.8 Å². The zero-order valence-electron chi connectivity index (χ0n) is 22.7. The number of fused-ring (bicyclic) bond motifs is 1. The van der Waals surface area contributed by atoms with E-state index in [2.05, 4.69) is 15.3 Å². The number of nitrogen functional groups attached to an aromatic ring is 1. The van der Waals surface area contributed by atoms with Crippen molar-refractivity contribution in [2.45, 2.75) is 39.0 Å². The van der Waals surface area contributed by atoms with Crippen LogP contribution in [0.4, 0.5) is 16.3 Å². The molecule has 3 heterocycles. The largest absolute Gasteiger partial charge is 0.445 e. The molecule has 0 bridgehead atoms. The highest BCUT2D eigenvalue weighted by atomic mass is 35.5. The molecule has 2 aromatic carbocycles. The van der Waals surface area contributed by atoms with Gasteiger partial charge in [0, 0.05) is 48.7 Å². The first-order chi connectivity index (χ1) is 19.2. The number of nitrogens with zero attached hydrogens (tertiary/aromatic N) is 5. The Morgan fingerprint density at radius 1 is 1.23 bits per heavy atom. The van der Waals surface area contributed by atoms with Crippen molar-refractivity contribution in [1.29, 1.82) is 0 Å². The van der Waals surface area contributed by atoms with Gasteiger partial charge >= 0.3 is 6.09 Å². The predicted molar refractivity (Wildman–Crippen MR) is 154 cm³/mol. The number of rotatable bonds is 7. The number of ether oxygens (including phenoxy) is 1. The Labute approximate surface area is 237 Å². The van der Waals surface area contributed by atoms with Crippen LogP contribution in [-0.2, 0) is 11.3 Å². The fraction of sp³-hybridized carbons (Fsp3) is 0.310. The van der Waals surface area contributed by atoms with Crippen LogP contribution in [0.15, 0.2) is 60.8 Å². The molecule has 0 unspecified atom stereocenters. The van der Waals surface area contributed by atoms with Gasteiger partial charge in [0.25, 0.3) is 5.91 Å². The van der Waals surface area contributed by atoms with Gasteiger partial charge in [0.1, 0.15) is 12.4 Å². The van der Waals surface area contributed by atoms with Crippen LogP contribution in [0.1, 0.15) is 46.6 Å². The SMILES string of the molecule is Cc1cn2nc([C@H](C)N(C)C(=O)c3cc(Cl)ccc3N)cc2nc1N1CC[C@H](NC(=O)OCc2ccccc2)C1. The second-order valence-electron chi connectivity index (χ2n) is 10.1. The molecular formula is C29H32ClN7O3. The van der Waals surface area contributed by atoms with Crippen LogP contribution in [0.3, 0.4) is 0 Å². The lowest BCUT2D eigenvalue weighted by Gasteiger charge is -2.24. The Morgan fingerprint density at radius 3 is 2.77 bits per heavy atom. The Morgan fingerprint density at radius 2 is 2.00 bits per heavy atom. The van der Waals surface area contributed by atoms with Gasteiger partial charge in [-0.1, -0.05) is 41.9 Å². The molecule has 1 saturated heterocycles. The second-order valence-corrected chi connectivity index (χ2v) is 10.5. The number of amides is 2. The van der Waals surface area contributed by atoms with Crippen LogP contribution < -0.4 is 16.0 Å². The Bertz CT molecular complexity index is 1540. The number of aryl methyl sites for hydroxylation is 1. The van der Waals surface area contributed by atoms with Crippen LogP contribution >= 0.6 is 11.6 Å². The Balaban J connectivity index is 1.25. The summed E-state index contributed by atoms with van der Waals surface area (Å²) >= 11 is 6.09. The number of aromatic nitrogens is 3. The van der Waals surface area contributed by atoms with E-state index in [9.17, 15) is 9.59 Å². The van der Waals surface area contributed by atoms with Crippen LogP contribution in [0.2, 0.25) is 5.02 Å². The van der Waals surface area contributed by atoms with Crippen molar-refractivity contribution in [3.05, 3.63) is 88.2 Å². The summed E-state index contributed by atoms with van der Waals surface area (Å²) in [5.74, 6) is 0.594. The summed E-state index contributed by atoms with van der Waals surface area (Å²) in [5, 5.41) is 8.10. The zero-order valence-corrected chi connectivity index (χ0v) is 23.4. The number of nitrogens with two attached hydrogens (primary N) is 1. The summed E-state index contributed by atoms with van der Waals surface area (Å²) in [7, 11) is 1.71. The fourth-order valence-corrected chi connectivity index (χ4v) is 5.00. The summed E-state index contributed by atoms with van der Waals surface area (Å²) in [6.45, 7) is 5.50.